The van der Waals surface area contributed by atoms with Crippen LogP contribution in [0.1, 0.15) is 18.5 Å². The summed E-state index contributed by atoms with van der Waals surface area (Å²) in [5.41, 5.74) is 4.27. The van der Waals surface area contributed by atoms with Crippen LogP contribution in [-0.2, 0) is 9.53 Å². The van der Waals surface area contributed by atoms with Crippen LogP contribution < -0.4 is 10.6 Å². The standard InChI is InChI=1S/C22H23N3O3/c1-15-19(21(26)25-11-13-28-14-12-25)20(24-22(27)23-15)18-9-7-17(8-10-18)16-5-3-2-4-6-16/h2-10,20H,11-14H2,1H3,(H2,23,24,27)/t20-/m1/s1. The first kappa shape index (κ1) is 18.3. The van der Waals surface area contributed by atoms with Gasteiger partial charge in [-0.25, -0.2) is 4.79 Å². The fourth-order valence-corrected chi connectivity index (χ4v) is 3.66. The van der Waals surface area contributed by atoms with Gasteiger partial charge in [0.15, 0.2) is 0 Å². The molecule has 0 saturated carbocycles. The summed E-state index contributed by atoms with van der Waals surface area (Å²) in [4.78, 5) is 27.0. The van der Waals surface area contributed by atoms with E-state index in [0.717, 1.165) is 16.7 Å². The molecule has 0 radical (unpaired) electrons. The third kappa shape index (κ3) is 3.64. The molecular formula is C22H23N3O3. The highest BCUT2D eigenvalue weighted by Crippen LogP contribution is 2.30. The largest absolute Gasteiger partial charge is 0.378 e. The summed E-state index contributed by atoms with van der Waals surface area (Å²) >= 11 is 0. The lowest BCUT2D eigenvalue weighted by molar-refractivity contribution is -0.131. The highest BCUT2D eigenvalue weighted by molar-refractivity contribution is 5.98. The number of carbonyl (C=O) groups excluding carboxylic acids is 2. The normalized spacial score (nSPS) is 19.8. The molecule has 0 spiro atoms. The number of nitrogens with zero attached hydrogens (tertiary/aromatic N) is 1. The van der Waals surface area contributed by atoms with Gasteiger partial charge in [-0.3, -0.25) is 4.79 Å². The Labute approximate surface area is 164 Å². The molecular weight excluding hydrogens is 354 g/mol. The van der Waals surface area contributed by atoms with E-state index in [1.54, 1.807) is 11.8 Å². The maximum Gasteiger partial charge on any atom is 0.319 e. The fourth-order valence-electron chi connectivity index (χ4n) is 3.66. The van der Waals surface area contributed by atoms with E-state index in [9.17, 15) is 9.59 Å². The lowest BCUT2D eigenvalue weighted by Gasteiger charge is -2.34. The van der Waals surface area contributed by atoms with E-state index < -0.39 is 6.04 Å². The number of hydrogen-bond acceptors (Lipinski definition) is 3. The van der Waals surface area contributed by atoms with Crippen molar-refractivity contribution in [2.24, 2.45) is 0 Å². The summed E-state index contributed by atoms with van der Waals surface area (Å²) < 4.78 is 5.35. The van der Waals surface area contributed by atoms with Gasteiger partial charge in [-0.2, -0.15) is 0 Å². The van der Waals surface area contributed by atoms with Crippen molar-refractivity contribution >= 4 is 11.9 Å². The van der Waals surface area contributed by atoms with Crippen LogP contribution in [0.25, 0.3) is 11.1 Å². The Kier molecular flexibility index (Phi) is 5.12. The molecule has 6 heteroatoms. The Bertz CT molecular complexity index is 900. The monoisotopic (exact) mass is 377 g/mol. The van der Waals surface area contributed by atoms with Crippen molar-refractivity contribution in [2.75, 3.05) is 26.3 Å². The van der Waals surface area contributed by atoms with Gasteiger partial charge in [0, 0.05) is 18.8 Å². The molecule has 2 aromatic rings. The molecule has 0 aliphatic carbocycles. The van der Waals surface area contributed by atoms with Gasteiger partial charge >= 0.3 is 6.03 Å². The van der Waals surface area contributed by atoms with E-state index in [0.29, 0.717) is 37.6 Å². The van der Waals surface area contributed by atoms with Crippen LogP contribution in [0.3, 0.4) is 0 Å². The zero-order chi connectivity index (χ0) is 19.5. The summed E-state index contributed by atoms with van der Waals surface area (Å²) in [7, 11) is 0. The maximum atomic E-state index is 13.2. The molecule has 0 unspecified atom stereocenters. The quantitative estimate of drug-likeness (QED) is 0.864. The third-order valence-electron chi connectivity index (χ3n) is 5.15. The SMILES string of the molecule is CC1=C(C(=O)N2CCOCC2)[C@@H](c2ccc(-c3ccccc3)cc2)NC(=O)N1. The van der Waals surface area contributed by atoms with Crippen molar-refractivity contribution in [3.63, 3.8) is 0 Å². The van der Waals surface area contributed by atoms with Gasteiger partial charge in [0.2, 0.25) is 0 Å². The molecule has 0 aromatic heterocycles. The summed E-state index contributed by atoms with van der Waals surface area (Å²) in [5, 5.41) is 5.64. The number of ether oxygens (including phenoxy) is 1. The second kappa shape index (κ2) is 7.86. The molecule has 2 aliphatic rings. The molecule has 1 atom stereocenters. The van der Waals surface area contributed by atoms with E-state index in [1.165, 1.54) is 0 Å². The van der Waals surface area contributed by atoms with Crippen LogP contribution >= 0.6 is 0 Å². The van der Waals surface area contributed by atoms with Gasteiger partial charge in [-0.15, -0.1) is 0 Å². The molecule has 3 amide bonds. The van der Waals surface area contributed by atoms with E-state index in [-0.39, 0.29) is 11.9 Å². The van der Waals surface area contributed by atoms with Crippen molar-refractivity contribution in [3.05, 3.63) is 71.4 Å². The molecule has 2 heterocycles. The molecule has 1 fully saturated rings. The van der Waals surface area contributed by atoms with Crippen LogP contribution in [0, 0.1) is 0 Å². The zero-order valence-electron chi connectivity index (χ0n) is 15.8. The number of morpholine rings is 1. The number of urea groups is 1. The molecule has 28 heavy (non-hydrogen) atoms. The van der Waals surface area contributed by atoms with E-state index in [4.69, 9.17) is 4.74 Å². The van der Waals surface area contributed by atoms with Gasteiger partial charge in [0.1, 0.15) is 0 Å². The zero-order valence-corrected chi connectivity index (χ0v) is 15.8. The van der Waals surface area contributed by atoms with Crippen LogP contribution in [0.2, 0.25) is 0 Å². The van der Waals surface area contributed by atoms with Gasteiger partial charge in [-0.05, 0) is 23.6 Å². The van der Waals surface area contributed by atoms with Gasteiger partial charge in [0.05, 0.1) is 24.8 Å². The summed E-state index contributed by atoms with van der Waals surface area (Å²) in [6, 6.07) is 17.3. The molecule has 6 nitrogen and oxygen atoms in total. The van der Waals surface area contributed by atoms with Crippen LogP contribution in [0.4, 0.5) is 4.79 Å². The molecule has 1 saturated heterocycles. The smallest absolute Gasteiger partial charge is 0.319 e. The van der Waals surface area contributed by atoms with E-state index >= 15 is 0 Å². The number of rotatable bonds is 3. The van der Waals surface area contributed by atoms with Gasteiger partial charge < -0.3 is 20.3 Å². The molecule has 4 rings (SSSR count). The number of amides is 3. The first-order valence-corrected chi connectivity index (χ1v) is 9.44. The number of allylic oxidation sites excluding steroid dienone is 1. The second-order valence-corrected chi connectivity index (χ2v) is 6.96. The minimum Gasteiger partial charge on any atom is -0.378 e. The van der Waals surface area contributed by atoms with Crippen molar-refractivity contribution in [3.8, 4) is 11.1 Å². The van der Waals surface area contributed by atoms with Crippen LogP contribution in [-0.4, -0.2) is 43.1 Å². The number of hydrogen-bond donors (Lipinski definition) is 2. The highest BCUT2D eigenvalue weighted by atomic mass is 16.5. The fraction of sp³-hybridized carbons (Fsp3) is 0.273. The average molecular weight is 377 g/mol. The first-order valence-electron chi connectivity index (χ1n) is 9.44. The summed E-state index contributed by atoms with van der Waals surface area (Å²) in [6.45, 7) is 3.97. The van der Waals surface area contributed by atoms with Crippen LogP contribution in [0.15, 0.2) is 65.9 Å². The molecule has 0 bridgehead atoms. The predicted molar refractivity (Wildman–Crippen MR) is 106 cm³/mol. The number of carbonyl (C=O) groups is 2. The lowest BCUT2D eigenvalue weighted by atomic mass is 9.93. The number of benzene rings is 2. The van der Waals surface area contributed by atoms with Crippen LogP contribution in [0.5, 0.6) is 0 Å². The highest BCUT2D eigenvalue weighted by Gasteiger charge is 2.34. The minimum absolute atomic E-state index is 0.0644. The average Bonchev–Trinajstić information content (AvgIpc) is 2.74. The Morgan fingerprint density at radius 1 is 1.00 bits per heavy atom. The molecule has 2 aromatic carbocycles. The molecule has 2 aliphatic heterocycles. The molecule has 144 valence electrons. The first-order chi connectivity index (χ1) is 13.6. The van der Waals surface area contributed by atoms with Crippen molar-refractivity contribution in [2.45, 2.75) is 13.0 Å². The molecule has 2 N–H and O–H groups in total. The van der Waals surface area contributed by atoms with E-state index in [2.05, 4.69) is 22.8 Å². The Morgan fingerprint density at radius 3 is 2.32 bits per heavy atom. The summed E-state index contributed by atoms with van der Waals surface area (Å²) in [5.74, 6) is -0.0644. The van der Waals surface area contributed by atoms with E-state index in [1.807, 2.05) is 42.5 Å². The predicted octanol–water partition coefficient (Wildman–Crippen LogP) is 2.84. The summed E-state index contributed by atoms with van der Waals surface area (Å²) in [6.07, 6.45) is 0. The van der Waals surface area contributed by atoms with Crippen molar-refractivity contribution in [1.82, 2.24) is 15.5 Å². The topological polar surface area (TPSA) is 70.7 Å². The van der Waals surface area contributed by atoms with Gasteiger partial charge in [0.25, 0.3) is 5.91 Å². The Hall–Kier alpha value is -3.12. The third-order valence-corrected chi connectivity index (χ3v) is 5.15. The minimum atomic E-state index is -0.478. The van der Waals surface area contributed by atoms with Gasteiger partial charge in [-0.1, -0.05) is 54.6 Å². The maximum absolute atomic E-state index is 13.2. The van der Waals surface area contributed by atoms with Crippen molar-refractivity contribution < 1.29 is 14.3 Å². The lowest BCUT2D eigenvalue weighted by Crippen LogP contribution is -2.49. The Morgan fingerprint density at radius 2 is 1.64 bits per heavy atom. The second-order valence-electron chi connectivity index (χ2n) is 6.96. The Balaban J connectivity index is 1.65. The van der Waals surface area contributed by atoms with Crippen molar-refractivity contribution in [1.29, 1.82) is 0 Å². The number of nitrogens with one attached hydrogen (secondary N) is 2.